The Morgan fingerprint density at radius 2 is 1.60 bits per heavy atom. The van der Waals surface area contributed by atoms with Crippen LogP contribution >= 0.6 is 0 Å². The van der Waals surface area contributed by atoms with Gasteiger partial charge in [0.05, 0.1) is 0 Å². The van der Waals surface area contributed by atoms with Crippen LogP contribution in [0.4, 0.5) is 0 Å². The van der Waals surface area contributed by atoms with Gasteiger partial charge in [-0.05, 0) is 68.6 Å². The lowest BCUT2D eigenvalue weighted by Crippen LogP contribution is -2.05. The van der Waals surface area contributed by atoms with Crippen molar-refractivity contribution in [1.29, 1.82) is 0 Å². The summed E-state index contributed by atoms with van der Waals surface area (Å²) in [4.78, 5) is 0. The van der Waals surface area contributed by atoms with Crippen LogP contribution in [0, 0.1) is 27.7 Å². The molecule has 0 unspecified atom stereocenters. The van der Waals surface area contributed by atoms with E-state index in [2.05, 4.69) is 63.3 Å². The summed E-state index contributed by atoms with van der Waals surface area (Å²) in [5.41, 5.74) is 6.08. The van der Waals surface area contributed by atoms with Crippen LogP contribution in [0.1, 0.15) is 27.8 Å². The van der Waals surface area contributed by atoms with Crippen LogP contribution in [0.3, 0.4) is 0 Å². The first-order chi connectivity index (χ1) is 9.52. The van der Waals surface area contributed by atoms with Crippen molar-refractivity contribution in [3.63, 3.8) is 0 Å². The van der Waals surface area contributed by atoms with E-state index in [-0.39, 0.29) is 0 Å². The fourth-order valence-electron chi connectivity index (χ4n) is 2.33. The lowest BCUT2D eigenvalue weighted by molar-refractivity contribution is 0.470. The number of hydrogen-bond donors (Lipinski definition) is 1. The maximum atomic E-state index is 6.16. The average Bonchev–Trinajstić information content (AvgIpc) is 2.42. The van der Waals surface area contributed by atoms with Crippen LogP contribution in [-0.4, -0.2) is 7.05 Å². The zero-order valence-electron chi connectivity index (χ0n) is 13.0. The molecule has 0 fully saturated rings. The van der Waals surface area contributed by atoms with E-state index in [9.17, 15) is 0 Å². The standard InChI is InChI=1S/C18H23NO/c1-12-6-7-13(2)18(15(12)4)20-17-9-8-16(11-19-5)10-14(17)3/h6-10,19H,11H2,1-5H3. The van der Waals surface area contributed by atoms with Crippen molar-refractivity contribution in [2.45, 2.75) is 34.2 Å². The minimum atomic E-state index is 0.879. The number of aryl methyl sites for hydroxylation is 3. The molecule has 2 nitrogen and oxygen atoms in total. The summed E-state index contributed by atoms with van der Waals surface area (Å²) in [5, 5.41) is 3.17. The molecular formula is C18H23NO. The summed E-state index contributed by atoms with van der Waals surface area (Å²) in [7, 11) is 1.96. The summed E-state index contributed by atoms with van der Waals surface area (Å²) >= 11 is 0. The molecule has 0 radical (unpaired) electrons. The van der Waals surface area contributed by atoms with Gasteiger partial charge in [0.25, 0.3) is 0 Å². The molecule has 0 saturated carbocycles. The Balaban J connectivity index is 2.33. The first kappa shape index (κ1) is 14.6. The molecule has 0 aliphatic heterocycles. The summed E-state index contributed by atoms with van der Waals surface area (Å²) in [6.07, 6.45) is 0. The molecule has 0 aromatic heterocycles. The molecule has 0 aliphatic carbocycles. The van der Waals surface area contributed by atoms with Gasteiger partial charge >= 0.3 is 0 Å². The van der Waals surface area contributed by atoms with E-state index >= 15 is 0 Å². The average molecular weight is 269 g/mol. The van der Waals surface area contributed by atoms with E-state index in [4.69, 9.17) is 4.74 Å². The molecular weight excluding hydrogens is 246 g/mol. The monoisotopic (exact) mass is 269 g/mol. The number of nitrogens with one attached hydrogen (secondary N) is 1. The van der Waals surface area contributed by atoms with E-state index < -0.39 is 0 Å². The van der Waals surface area contributed by atoms with Crippen molar-refractivity contribution in [3.8, 4) is 11.5 Å². The van der Waals surface area contributed by atoms with Crippen LogP contribution in [0.15, 0.2) is 30.3 Å². The molecule has 2 aromatic rings. The Morgan fingerprint density at radius 1 is 0.900 bits per heavy atom. The van der Waals surface area contributed by atoms with Crippen LogP contribution in [0.5, 0.6) is 11.5 Å². The molecule has 106 valence electrons. The molecule has 2 aromatic carbocycles. The molecule has 2 rings (SSSR count). The van der Waals surface area contributed by atoms with Gasteiger partial charge in [-0.2, -0.15) is 0 Å². The maximum absolute atomic E-state index is 6.16. The van der Waals surface area contributed by atoms with E-state index in [1.165, 1.54) is 22.3 Å². The van der Waals surface area contributed by atoms with Crippen molar-refractivity contribution in [2.24, 2.45) is 0 Å². The third kappa shape index (κ3) is 3.02. The van der Waals surface area contributed by atoms with Crippen molar-refractivity contribution >= 4 is 0 Å². The highest BCUT2D eigenvalue weighted by Gasteiger charge is 2.09. The molecule has 0 spiro atoms. The topological polar surface area (TPSA) is 21.3 Å². The lowest BCUT2D eigenvalue weighted by atomic mass is 10.0. The van der Waals surface area contributed by atoms with Crippen LogP contribution in [-0.2, 0) is 6.54 Å². The van der Waals surface area contributed by atoms with Gasteiger partial charge in [-0.25, -0.2) is 0 Å². The predicted molar refractivity (Wildman–Crippen MR) is 84.7 cm³/mol. The molecule has 2 heteroatoms. The molecule has 0 amide bonds. The Morgan fingerprint density at radius 3 is 2.25 bits per heavy atom. The summed E-state index contributed by atoms with van der Waals surface area (Å²) in [6, 6.07) is 10.6. The fraction of sp³-hybridized carbons (Fsp3) is 0.333. The summed E-state index contributed by atoms with van der Waals surface area (Å²) in [5.74, 6) is 1.91. The molecule has 0 heterocycles. The van der Waals surface area contributed by atoms with Crippen molar-refractivity contribution in [2.75, 3.05) is 7.05 Å². The second-order valence-electron chi connectivity index (χ2n) is 5.39. The molecule has 0 aliphatic rings. The minimum Gasteiger partial charge on any atom is -0.457 e. The lowest BCUT2D eigenvalue weighted by Gasteiger charge is -2.15. The van der Waals surface area contributed by atoms with Crippen LogP contribution in [0.2, 0.25) is 0 Å². The molecule has 0 saturated heterocycles. The van der Waals surface area contributed by atoms with Gasteiger partial charge in [0.15, 0.2) is 0 Å². The Labute approximate surface area is 121 Å². The van der Waals surface area contributed by atoms with Gasteiger partial charge < -0.3 is 10.1 Å². The summed E-state index contributed by atoms with van der Waals surface area (Å²) < 4.78 is 6.16. The van der Waals surface area contributed by atoms with Crippen molar-refractivity contribution in [3.05, 3.63) is 58.1 Å². The third-order valence-electron chi connectivity index (χ3n) is 3.71. The van der Waals surface area contributed by atoms with Gasteiger partial charge in [-0.3, -0.25) is 0 Å². The van der Waals surface area contributed by atoms with Gasteiger partial charge in [0, 0.05) is 6.54 Å². The number of ether oxygens (including phenoxy) is 1. The van der Waals surface area contributed by atoms with E-state index in [1.807, 2.05) is 7.05 Å². The Bertz CT molecular complexity index is 617. The molecule has 20 heavy (non-hydrogen) atoms. The second-order valence-corrected chi connectivity index (χ2v) is 5.39. The largest absolute Gasteiger partial charge is 0.457 e. The quantitative estimate of drug-likeness (QED) is 0.886. The van der Waals surface area contributed by atoms with Gasteiger partial charge in [0.2, 0.25) is 0 Å². The second kappa shape index (κ2) is 6.10. The van der Waals surface area contributed by atoms with E-state index in [0.717, 1.165) is 23.6 Å². The number of benzene rings is 2. The normalized spacial score (nSPS) is 10.7. The maximum Gasteiger partial charge on any atom is 0.133 e. The first-order valence-corrected chi connectivity index (χ1v) is 7.01. The van der Waals surface area contributed by atoms with E-state index in [0.29, 0.717) is 0 Å². The number of rotatable bonds is 4. The van der Waals surface area contributed by atoms with Gasteiger partial charge in [-0.15, -0.1) is 0 Å². The van der Waals surface area contributed by atoms with Gasteiger partial charge in [0.1, 0.15) is 11.5 Å². The Kier molecular flexibility index (Phi) is 4.46. The first-order valence-electron chi connectivity index (χ1n) is 7.01. The SMILES string of the molecule is CNCc1ccc(Oc2c(C)ccc(C)c2C)c(C)c1. The van der Waals surface area contributed by atoms with Crippen LogP contribution in [0.25, 0.3) is 0 Å². The summed E-state index contributed by atoms with van der Waals surface area (Å²) in [6.45, 7) is 9.29. The van der Waals surface area contributed by atoms with E-state index in [1.54, 1.807) is 0 Å². The molecule has 0 atom stereocenters. The minimum absolute atomic E-state index is 0.879. The number of hydrogen-bond acceptors (Lipinski definition) is 2. The third-order valence-corrected chi connectivity index (χ3v) is 3.71. The van der Waals surface area contributed by atoms with Crippen LogP contribution < -0.4 is 10.1 Å². The van der Waals surface area contributed by atoms with Gasteiger partial charge in [-0.1, -0.05) is 24.3 Å². The molecule has 1 N–H and O–H groups in total. The smallest absolute Gasteiger partial charge is 0.133 e. The highest BCUT2D eigenvalue weighted by molar-refractivity contribution is 5.48. The highest BCUT2D eigenvalue weighted by atomic mass is 16.5. The highest BCUT2D eigenvalue weighted by Crippen LogP contribution is 2.32. The Hall–Kier alpha value is -1.80. The fourth-order valence-corrected chi connectivity index (χ4v) is 2.33. The predicted octanol–water partition coefficient (Wildman–Crippen LogP) is 4.43. The van der Waals surface area contributed by atoms with Crippen molar-refractivity contribution < 1.29 is 4.74 Å². The van der Waals surface area contributed by atoms with Crippen molar-refractivity contribution in [1.82, 2.24) is 5.32 Å². The zero-order valence-corrected chi connectivity index (χ0v) is 13.0. The zero-order chi connectivity index (χ0) is 14.7. The molecule has 0 bridgehead atoms.